The van der Waals surface area contributed by atoms with Crippen LogP contribution in [-0.2, 0) is 4.74 Å². The highest BCUT2D eigenvalue weighted by atomic mass is 16.5. The van der Waals surface area contributed by atoms with Crippen molar-refractivity contribution in [3.63, 3.8) is 0 Å². The van der Waals surface area contributed by atoms with Crippen LogP contribution in [0.4, 0.5) is 0 Å². The van der Waals surface area contributed by atoms with Gasteiger partial charge in [0, 0.05) is 19.1 Å². The fourth-order valence-electron chi connectivity index (χ4n) is 2.51. The molecular weight excluding hydrogens is 188 g/mol. The molecular formula is C12H24N2O. The summed E-state index contributed by atoms with van der Waals surface area (Å²) in [6.45, 7) is 11.1. The Morgan fingerprint density at radius 1 is 1.13 bits per heavy atom. The molecule has 88 valence electrons. The van der Waals surface area contributed by atoms with Gasteiger partial charge in [0.25, 0.3) is 0 Å². The first kappa shape index (κ1) is 11.4. The van der Waals surface area contributed by atoms with Crippen molar-refractivity contribution in [2.75, 3.05) is 26.2 Å². The molecule has 3 heteroatoms. The van der Waals surface area contributed by atoms with Gasteiger partial charge in [-0.2, -0.15) is 0 Å². The Bertz CT molecular complexity index is 200. The highest BCUT2D eigenvalue weighted by Crippen LogP contribution is 2.24. The van der Waals surface area contributed by atoms with Gasteiger partial charge in [0.05, 0.1) is 11.7 Å². The maximum atomic E-state index is 5.94. The van der Waals surface area contributed by atoms with Crippen molar-refractivity contribution in [1.82, 2.24) is 10.2 Å². The fourth-order valence-corrected chi connectivity index (χ4v) is 2.51. The molecule has 2 aliphatic rings. The topological polar surface area (TPSA) is 24.5 Å². The molecule has 0 aromatic rings. The van der Waals surface area contributed by atoms with Crippen molar-refractivity contribution in [2.24, 2.45) is 0 Å². The summed E-state index contributed by atoms with van der Waals surface area (Å²) in [5, 5.41) is 3.41. The molecule has 1 N–H and O–H groups in total. The van der Waals surface area contributed by atoms with Gasteiger partial charge in [-0.3, -0.25) is 4.90 Å². The maximum absolute atomic E-state index is 5.94. The largest absolute Gasteiger partial charge is 0.370 e. The standard InChI is InChI=1S/C12H24N2O/c1-12(2,3)15-11-8-14(9-11)10-4-6-13-7-5-10/h10-11,13H,4-9H2,1-3H3. The molecule has 2 aliphatic heterocycles. The zero-order chi connectivity index (χ0) is 10.9. The summed E-state index contributed by atoms with van der Waals surface area (Å²) in [4.78, 5) is 2.58. The van der Waals surface area contributed by atoms with Crippen molar-refractivity contribution in [1.29, 1.82) is 0 Å². The van der Waals surface area contributed by atoms with E-state index >= 15 is 0 Å². The number of ether oxygens (including phenoxy) is 1. The van der Waals surface area contributed by atoms with E-state index in [2.05, 4.69) is 31.0 Å². The molecule has 0 aliphatic carbocycles. The van der Waals surface area contributed by atoms with E-state index in [0.29, 0.717) is 6.10 Å². The minimum Gasteiger partial charge on any atom is -0.370 e. The normalized spacial score (nSPS) is 26.6. The van der Waals surface area contributed by atoms with Gasteiger partial charge in [0.2, 0.25) is 0 Å². The van der Waals surface area contributed by atoms with Gasteiger partial charge in [-0.25, -0.2) is 0 Å². The zero-order valence-electron chi connectivity index (χ0n) is 10.3. The summed E-state index contributed by atoms with van der Waals surface area (Å²) in [6.07, 6.45) is 3.09. The average molecular weight is 212 g/mol. The zero-order valence-corrected chi connectivity index (χ0v) is 10.3. The molecule has 0 bridgehead atoms. The number of nitrogens with one attached hydrogen (secondary N) is 1. The van der Waals surface area contributed by atoms with Crippen molar-refractivity contribution in [2.45, 2.75) is 51.4 Å². The molecule has 15 heavy (non-hydrogen) atoms. The summed E-state index contributed by atoms with van der Waals surface area (Å²) < 4.78 is 5.94. The lowest BCUT2D eigenvalue weighted by atomic mass is 9.99. The Labute approximate surface area is 93.2 Å². The van der Waals surface area contributed by atoms with Crippen LogP contribution >= 0.6 is 0 Å². The maximum Gasteiger partial charge on any atom is 0.0835 e. The Hall–Kier alpha value is -0.120. The Balaban J connectivity index is 1.68. The first-order chi connectivity index (χ1) is 7.04. The minimum atomic E-state index is 0.0187. The number of hydrogen-bond donors (Lipinski definition) is 1. The van der Waals surface area contributed by atoms with Gasteiger partial charge in [0.1, 0.15) is 0 Å². The molecule has 0 atom stereocenters. The second kappa shape index (κ2) is 4.40. The SMILES string of the molecule is CC(C)(C)OC1CN(C2CCNCC2)C1. The van der Waals surface area contributed by atoms with Gasteiger partial charge < -0.3 is 10.1 Å². The summed E-state index contributed by atoms with van der Waals surface area (Å²) in [6, 6.07) is 0.811. The van der Waals surface area contributed by atoms with Crippen molar-refractivity contribution in [3.05, 3.63) is 0 Å². The van der Waals surface area contributed by atoms with Crippen LogP contribution < -0.4 is 5.32 Å². The van der Waals surface area contributed by atoms with Crippen LogP contribution in [0.1, 0.15) is 33.6 Å². The van der Waals surface area contributed by atoms with E-state index in [1.165, 1.54) is 25.9 Å². The monoisotopic (exact) mass is 212 g/mol. The van der Waals surface area contributed by atoms with E-state index < -0.39 is 0 Å². The summed E-state index contributed by atoms with van der Waals surface area (Å²) in [5.41, 5.74) is 0.0187. The van der Waals surface area contributed by atoms with E-state index in [4.69, 9.17) is 4.74 Å². The first-order valence-corrected chi connectivity index (χ1v) is 6.17. The van der Waals surface area contributed by atoms with Crippen LogP contribution in [0, 0.1) is 0 Å². The van der Waals surface area contributed by atoms with Crippen LogP contribution in [0.15, 0.2) is 0 Å². The van der Waals surface area contributed by atoms with Crippen molar-refractivity contribution >= 4 is 0 Å². The average Bonchev–Trinajstić information content (AvgIpc) is 2.11. The lowest BCUT2D eigenvalue weighted by molar-refractivity contribution is -0.136. The summed E-state index contributed by atoms with van der Waals surface area (Å²) >= 11 is 0. The molecule has 2 fully saturated rings. The molecule has 2 rings (SSSR count). The molecule has 0 aromatic heterocycles. The van der Waals surface area contributed by atoms with E-state index in [1.54, 1.807) is 0 Å². The lowest BCUT2D eigenvalue weighted by Crippen LogP contribution is -2.59. The van der Waals surface area contributed by atoms with Gasteiger partial charge in [0.15, 0.2) is 0 Å². The third-order valence-electron chi connectivity index (χ3n) is 3.22. The second-order valence-corrected chi connectivity index (χ2v) is 5.79. The highest BCUT2D eigenvalue weighted by molar-refractivity contribution is 4.89. The van der Waals surface area contributed by atoms with Crippen LogP contribution in [0.2, 0.25) is 0 Å². The first-order valence-electron chi connectivity index (χ1n) is 6.17. The van der Waals surface area contributed by atoms with Crippen LogP contribution in [0.3, 0.4) is 0 Å². The summed E-state index contributed by atoms with van der Waals surface area (Å²) in [7, 11) is 0. The van der Waals surface area contributed by atoms with Crippen molar-refractivity contribution in [3.8, 4) is 0 Å². The molecule has 0 aromatic carbocycles. The van der Waals surface area contributed by atoms with Gasteiger partial charge in [-0.05, 0) is 46.7 Å². The number of rotatable bonds is 2. The fraction of sp³-hybridized carbons (Fsp3) is 1.00. The number of piperidine rings is 1. The second-order valence-electron chi connectivity index (χ2n) is 5.79. The van der Waals surface area contributed by atoms with E-state index in [9.17, 15) is 0 Å². The van der Waals surface area contributed by atoms with E-state index in [1.807, 2.05) is 0 Å². The third kappa shape index (κ3) is 3.16. The minimum absolute atomic E-state index is 0.0187. The van der Waals surface area contributed by atoms with Gasteiger partial charge >= 0.3 is 0 Å². The molecule has 3 nitrogen and oxygen atoms in total. The van der Waals surface area contributed by atoms with Gasteiger partial charge in [-0.1, -0.05) is 0 Å². The molecule has 2 saturated heterocycles. The predicted molar refractivity (Wildman–Crippen MR) is 62.1 cm³/mol. The molecule has 0 radical (unpaired) electrons. The quantitative estimate of drug-likeness (QED) is 0.745. The number of hydrogen-bond acceptors (Lipinski definition) is 3. The van der Waals surface area contributed by atoms with Crippen LogP contribution in [0.5, 0.6) is 0 Å². The van der Waals surface area contributed by atoms with Crippen molar-refractivity contribution < 1.29 is 4.74 Å². The van der Waals surface area contributed by atoms with Crippen LogP contribution in [0.25, 0.3) is 0 Å². The van der Waals surface area contributed by atoms with Gasteiger partial charge in [-0.15, -0.1) is 0 Å². The molecule has 0 amide bonds. The predicted octanol–water partition coefficient (Wildman–Crippen LogP) is 1.24. The van der Waals surface area contributed by atoms with E-state index in [-0.39, 0.29) is 5.60 Å². The number of nitrogens with zero attached hydrogens (tertiary/aromatic N) is 1. The third-order valence-corrected chi connectivity index (χ3v) is 3.22. The van der Waals surface area contributed by atoms with E-state index in [0.717, 1.165) is 19.1 Å². The summed E-state index contributed by atoms with van der Waals surface area (Å²) in [5.74, 6) is 0. The Morgan fingerprint density at radius 2 is 1.73 bits per heavy atom. The smallest absolute Gasteiger partial charge is 0.0835 e. The molecule has 0 spiro atoms. The highest BCUT2D eigenvalue weighted by Gasteiger charge is 2.35. The Morgan fingerprint density at radius 3 is 2.27 bits per heavy atom. The Kier molecular flexibility index (Phi) is 3.33. The molecule has 2 heterocycles. The van der Waals surface area contributed by atoms with Crippen LogP contribution in [-0.4, -0.2) is 48.8 Å². The molecule has 0 unspecified atom stereocenters. The molecule has 0 saturated carbocycles. The lowest BCUT2D eigenvalue weighted by Gasteiger charge is -2.47. The number of likely N-dealkylation sites (tertiary alicyclic amines) is 1.